The van der Waals surface area contributed by atoms with Crippen molar-refractivity contribution < 1.29 is 9.53 Å². The summed E-state index contributed by atoms with van der Waals surface area (Å²) >= 11 is 0. The molecule has 1 aliphatic heterocycles. The van der Waals surface area contributed by atoms with Crippen LogP contribution in [0, 0.1) is 5.92 Å². The zero-order chi connectivity index (χ0) is 12.8. The summed E-state index contributed by atoms with van der Waals surface area (Å²) < 4.78 is 4.68. The molecule has 0 spiro atoms. The molecule has 1 heterocycles. The van der Waals surface area contributed by atoms with Crippen LogP contribution in [0.25, 0.3) is 0 Å². The van der Waals surface area contributed by atoms with Crippen LogP contribution in [-0.4, -0.2) is 31.1 Å². The van der Waals surface area contributed by atoms with E-state index < -0.39 is 0 Å². The van der Waals surface area contributed by atoms with E-state index in [1.807, 2.05) is 6.07 Å². The lowest BCUT2D eigenvalue weighted by Gasteiger charge is -2.15. The maximum atomic E-state index is 11.1. The number of ether oxygens (including phenoxy) is 1. The molecule has 0 radical (unpaired) electrons. The van der Waals surface area contributed by atoms with Gasteiger partial charge in [-0.05, 0) is 30.9 Å². The van der Waals surface area contributed by atoms with E-state index in [9.17, 15) is 4.79 Å². The van der Waals surface area contributed by atoms with E-state index in [-0.39, 0.29) is 5.97 Å². The molecule has 0 amide bonds. The number of hydrogen-bond acceptors (Lipinski definition) is 3. The van der Waals surface area contributed by atoms with Gasteiger partial charge < -0.3 is 4.74 Å². The van der Waals surface area contributed by atoms with E-state index in [4.69, 9.17) is 0 Å². The molecule has 0 N–H and O–H groups in total. The maximum Gasteiger partial charge on any atom is 0.305 e. The number of methoxy groups -OCH3 is 1. The van der Waals surface area contributed by atoms with Gasteiger partial charge in [-0.1, -0.05) is 30.3 Å². The molecule has 0 aromatic heterocycles. The van der Waals surface area contributed by atoms with Crippen molar-refractivity contribution in [1.29, 1.82) is 0 Å². The molecule has 98 valence electrons. The number of nitrogens with zero attached hydrogens (tertiary/aromatic N) is 1. The summed E-state index contributed by atoms with van der Waals surface area (Å²) in [6.45, 7) is 3.27. The highest BCUT2D eigenvalue weighted by Gasteiger charge is 2.22. The fourth-order valence-corrected chi connectivity index (χ4v) is 2.56. The largest absolute Gasteiger partial charge is 0.469 e. The van der Waals surface area contributed by atoms with E-state index in [1.54, 1.807) is 0 Å². The van der Waals surface area contributed by atoms with Crippen molar-refractivity contribution in [2.45, 2.75) is 25.8 Å². The van der Waals surface area contributed by atoms with Crippen LogP contribution in [0.5, 0.6) is 0 Å². The van der Waals surface area contributed by atoms with Crippen molar-refractivity contribution in [1.82, 2.24) is 4.90 Å². The summed E-state index contributed by atoms with van der Waals surface area (Å²) in [5.74, 6) is 0.560. The SMILES string of the molecule is COC(=O)CCC1CCN(Cc2ccccc2)C1. The first-order chi connectivity index (χ1) is 8.78. The second kappa shape index (κ2) is 6.55. The minimum absolute atomic E-state index is 0.0866. The minimum atomic E-state index is -0.0866. The van der Waals surface area contributed by atoms with Crippen LogP contribution in [0.3, 0.4) is 0 Å². The molecule has 1 fully saturated rings. The van der Waals surface area contributed by atoms with Gasteiger partial charge in [0.05, 0.1) is 7.11 Å². The molecular formula is C15H21NO2. The maximum absolute atomic E-state index is 11.1. The second-order valence-corrected chi connectivity index (χ2v) is 4.99. The molecule has 1 aliphatic rings. The normalized spacial score (nSPS) is 19.9. The smallest absolute Gasteiger partial charge is 0.305 e. The van der Waals surface area contributed by atoms with E-state index >= 15 is 0 Å². The van der Waals surface area contributed by atoms with Gasteiger partial charge in [0.25, 0.3) is 0 Å². The molecule has 1 aromatic rings. The lowest BCUT2D eigenvalue weighted by atomic mass is 10.0. The second-order valence-electron chi connectivity index (χ2n) is 4.99. The van der Waals surface area contributed by atoms with Gasteiger partial charge >= 0.3 is 5.97 Å². The molecule has 3 heteroatoms. The zero-order valence-electron chi connectivity index (χ0n) is 11.0. The van der Waals surface area contributed by atoms with Crippen molar-refractivity contribution in [3.8, 4) is 0 Å². The summed E-state index contributed by atoms with van der Waals surface area (Å²) in [6, 6.07) is 10.6. The fraction of sp³-hybridized carbons (Fsp3) is 0.533. The van der Waals surface area contributed by atoms with Crippen molar-refractivity contribution in [3.63, 3.8) is 0 Å². The van der Waals surface area contributed by atoms with Crippen LogP contribution in [-0.2, 0) is 16.1 Å². The molecule has 0 saturated carbocycles. The topological polar surface area (TPSA) is 29.5 Å². The Kier molecular flexibility index (Phi) is 4.76. The molecule has 0 aliphatic carbocycles. The van der Waals surface area contributed by atoms with E-state index in [0.29, 0.717) is 12.3 Å². The summed E-state index contributed by atoms with van der Waals surface area (Å²) in [4.78, 5) is 13.6. The highest BCUT2D eigenvalue weighted by atomic mass is 16.5. The number of carbonyl (C=O) groups excluding carboxylic acids is 1. The number of hydrogen-bond donors (Lipinski definition) is 0. The zero-order valence-corrected chi connectivity index (χ0v) is 11.0. The highest BCUT2D eigenvalue weighted by Crippen LogP contribution is 2.22. The van der Waals surface area contributed by atoms with Gasteiger partial charge in [0.15, 0.2) is 0 Å². The highest BCUT2D eigenvalue weighted by molar-refractivity contribution is 5.69. The molecule has 1 saturated heterocycles. The predicted octanol–water partition coefficient (Wildman–Crippen LogP) is 2.46. The molecule has 18 heavy (non-hydrogen) atoms. The minimum Gasteiger partial charge on any atom is -0.469 e. The van der Waals surface area contributed by atoms with Gasteiger partial charge in [0, 0.05) is 19.5 Å². The predicted molar refractivity (Wildman–Crippen MR) is 71.1 cm³/mol. The first-order valence-electron chi connectivity index (χ1n) is 6.61. The Balaban J connectivity index is 1.73. The molecule has 2 rings (SSSR count). The molecule has 0 bridgehead atoms. The monoisotopic (exact) mass is 247 g/mol. The third-order valence-corrected chi connectivity index (χ3v) is 3.60. The molecule has 1 unspecified atom stereocenters. The summed E-state index contributed by atoms with van der Waals surface area (Å²) in [5, 5.41) is 0. The number of rotatable bonds is 5. The van der Waals surface area contributed by atoms with Crippen molar-refractivity contribution >= 4 is 5.97 Å². The van der Waals surface area contributed by atoms with Gasteiger partial charge in [-0.3, -0.25) is 9.69 Å². The Morgan fingerprint density at radius 2 is 2.17 bits per heavy atom. The van der Waals surface area contributed by atoms with E-state index in [0.717, 1.165) is 26.1 Å². The summed E-state index contributed by atoms with van der Waals surface area (Å²) in [5.41, 5.74) is 1.37. The number of esters is 1. The fourth-order valence-electron chi connectivity index (χ4n) is 2.56. The Hall–Kier alpha value is -1.35. The van der Waals surface area contributed by atoms with Gasteiger partial charge in [0.2, 0.25) is 0 Å². The molecule has 1 aromatic carbocycles. The van der Waals surface area contributed by atoms with Crippen LogP contribution in [0.1, 0.15) is 24.8 Å². The number of benzene rings is 1. The Morgan fingerprint density at radius 1 is 1.39 bits per heavy atom. The number of likely N-dealkylation sites (tertiary alicyclic amines) is 1. The summed E-state index contributed by atoms with van der Waals surface area (Å²) in [7, 11) is 1.46. The van der Waals surface area contributed by atoms with Crippen LogP contribution in [0.2, 0.25) is 0 Å². The molecule has 3 nitrogen and oxygen atoms in total. The van der Waals surface area contributed by atoms with Crippen LogP contribution in [0.15, 0.2) is 30.3 Å². The first-order valence-corrected chi connectivity index (χ1v) is 6.61. The average molecular weight is 247 g/mol. The number of carbonyl (C=O) groups is 1. The molecule has 1 atom stereocenters. The summed E-state index contributed by atoms with van der Waals surface area (Å²) in [6.07, 6.45) is 2.71. The van der Waals surface area contributed by atoms with Gasteiger partial charge in [-0.2, -0.15) is 0 Å². The standard InChI is InChI=1S/C15H21NO2/c1-18-15(17)8-7-14-9-10-16(12-14)11-13-5-3-2-4-6-13/h2-6,14H,7-12H2,1H3. The first kappa shape index (κ1) is 13.1. The third-order valence-electron chi connectivity index (χ3n) is 3.60. The Bertz CT molecular complexity index is 377. The van der Waals surface area contributed by atoms with E-state index in [1.165, 1.54) is 19.1 Å². The van der Waals surface area contributed by atoms with Crippen molar-refractivity contribution in [2.24, 2.45) is 5.92 Å². The lowest BCUT2D eigenvalue weighted by Crippen LogP contribution is -2.20. The van der Waals surface area contributed by atoms with Crippen molar-refractivity contribution in [3.05, 3.63) is 35.9 Å². The van der Waals surface area contributed by atoms with Gasteiger partial charge in [-0.25, -0.2) is 0 Å². The Morgan fingerprint density at radius 3 is 2.89 bits per heavy atom. The lowest BCUT2D eigenvalue weighted by molar-refractivity contribution is -0.140. The Labute approximate surface area is 109 Å². The van der Waals surface area contributed by atoms with Crippen LogP contribution >= 0.6 is 0 Å². The van der Waals surface area contributed by atoms with E-state index in [2.05, 4.69) is 33.9 Å². The average Bonchev–Trinajstić information content (AvgIpc) is 2.85. The quantitative estimate of drug-likeness (QED) is 0.749. The van der Waals surface area contributed by atoms with Crippen LogP contribution in [0.4, 0.5) is 0 Å². The van der Waals surface area contributed by atoms with Gasteiger partial charge in [0.1, 0.15) is 0 Å². The van der Waals surface area contributed by atoms with Gasteiger partial charge in [-0.15, -0.1) is 0 Å². The van der Waals surface area contributed by atoms with Crippen molar-refractivity contribution in [2.75, 3.05) is 20.2 Å². The molecular weight excluding hydrogens is 226 g/mol. The third kappa shape index (κ3) is 3.84. The van der Waals surface area contributed by atoms with Crippen LogP contribution < -0.4 is 0 Å².